The number of aromatic carboxylic acids is 1. The van der Waals surface area contributed by atoms with E-state index >= 15 is 0 Å². The van der Waals surface area contributed by atoms with Crippen LogP contribution >= 0.6 is 11.6 Å². The van der Waals surface area contributed by atoms with Crippen LogP contribution in [0.2, 0.25) is 5.02 Å². The lowest BCUT2D eigenvalue weighted by atomic mass is 10.1. The van der Waals surface area contributed by atoms with Crippen molar-refractivity contribution in [2.24, 2.45) is 0 Å². The minimum atomic E-state index is -1.10. The van der Waals surface area contributed by atoms with Crippen molar-refractivity contribution in [3.05, 3.63) is 70.0 Å². The Morgan fingerprint density at radius 3 is 2.52 bits per heavy atom. The lowest BCUT2D eigenvalue weighted by Gasteiger charge is -2.07. The molecule has 0 aliphatic carbocycles. The van der Waals surface area contributed by atoms with Gasteiger partial charge in [0.1, 0.15) is 5.82 Å². The van der Waals surface area contributed by atoms with Crippen molar-refractivity contribution in [3.8, 4) is 0 Å². The van der Waals surface area contributed by atoms with Crippen molar-refractivity contribution in [2.75, 3.05) is 0 Å². The molecule has 0 saturated carbocycles. The number of amides is 1. The molecule has 0 radical (unpaired) electrons. The smallest absolute Gasteiger partial charge is 0.335 e. The number of rotatable bonds is 4. The summed E-state index contributed by atoms with van der Waals surface area (Å²) in [7, 11) is 0. The van der Waals surface area contributed by atoms with Gasteiger partial charge >= 0.3 is 5.97 Å². The van der Waals surface area contributed by atoms with Gasteiger partial charge in [-0.1, -0.05) is 23.7 Å². The van der Waals surface area contributed by atoms with Crippen LogP contribution in [0.4, 0.5) is 4.39 Å². The van der Waals surface area contributed by atoms with Crippen LogP contribution in [0.15, 0.2) is 42.5 Å². The molecule has 0 unspecified atom stereocenters. The second-order valence-electron chi connectivity index (χ2n) is 4.32. The number of hydrogen-bond donors (Lipinski definition) is 2. The van der Waals surface area contributed by atoms with Gasteiger partial charge in [0.05, 0.1) is 10.6 Å². The maximum atomic E-state index is 13.0. The molecule has 0 fully saturated rings. The highest BCUT2D eigenvalue weighted by Gasteiger charge is 2.09. The van der Waals surface area contributed by atoms with Crippen molar-refractivity contribution in [3.63, 3.8) is 0 Å². The summed E-state index contributed by atoms with van der Waals surface area (Å²) < 4.78 is 13.0. The van der Waals surface area contributed by atoms with Gasteiger partial charge in [-0.25, -0.2) is 9.18 Å². The topological polar surface area (TPSA) is 66.4 Å². The third-order valence-corrected chi connectivity index (χ3v) is 3.10. The van der Waals surface area contributed by atoms with Gasteiger partial charge in [-0.05, 0) is 35.9 Å². The van der Waals surface area contributed by atoms with Crippen LogP contribution in [0.5, 0.6) is 0 Å². The van der Waals surface area contributed by atoms with Crippen molar-refractivity contribution in [1.29, 1.82) is 0 Å². The quantitative estimate of drug-likeness (QED) is 0.912. The molecule has 0 spiro atoms. The maximum Gasteiger partial charge on any atom is 0.335 e. The van der Waals surface area contributed by atoms with Crippen molar-refractivity contribution >= 4 is 23.5 Å². The highest BCUT2D eigenvalue weighted by molar-refractivity contribution is 6.30. The van der Waals surface area contributed by atoms with Crippen LogP contribution in [0, 0.1) is 5.82 Å². The number of halogens is 2. The first-order chi connectivity index (χ1) is 9.97. The number of carbonyl (C=O) groups is 2. The fraction of sp³-hybridized carbons (Fsp3) is 0.0667. The zero-order valence-electron chi connectivity index (χ0n) is 10.8. The Hall–Kier alpha value is -2.40. The van der Waals surface area contributed by atoms with Gasteiger partial charge < -0.3 is 10.4 Å². The molecule has 2 aromatic rings. The van der Waals surface area contributed by atoms with Crippen LogP contribution in [0.1, 0.15) is 26.3 Å². The molecule has 0 heterocycles. The van der Waals surface area contributed by atoms with Gasteiger partial charge in [-0.15, -0.1) is 0 Å². The summed E-state index contributed by atoms with van der Waals surface area (Å²) in [5.74, 6) is -2.05. The molecule has 108 valence electrons. The number of hydrogen-bond acceptors (Lipinski definition) is 2. The number of carboxylic acids is 1. The predicted molar refractivity (Wildman–Crippen MR) is 76.0 cm³/mol. The summed E-state index contributed by atoms with van der Waals surface area (Å²) in [5.41, 5.74) is 0.916. The van der Waals surface area contributed by atoms with Crippen LogP contribution in [-0.2, 0) is 6.54 Å². The monoisotopic (exact) mass is 307 g/mol. The van der Waals surface area contributed by atoms with Crippen molar-refractivity contribution in [1.82, 2.24) is 5.32 Å². The third-order valence-electron chi connectivity index (χ3n) is 2.81. The molecular formula is C15H11ClFNO3. The summed E-state index contributed by atoms with van der Waals surface area (Å²) in [4.78, 5) is 22.8. The van der Waals surface area contributed by atoms with Gasteiger partial charge in [-0.2, -0.15) is 0 Å². The molecule has 0 aliphatic rings. The van der Waals surface area contributed by atoms with E-state index in [0.717, 1.165) is 0 Å². The van der Waals surface area contributed by atoms with Gasteiger partial charge in [0.2, 0.25) is 0 Å². The van der Waals surface area contributed by atoms with Crippen LogP contribution in [0.25, 0.3) is 0 Å². The number of carboxylic acid groups (broad SMARTS) is 1. The van der Waals surface area contributed by atoms with E-state index in [0.29, 0.717) is 5.56 Å². The Bertz CT molecular complexity index is 703. The molecule has 4 nitrogen and oxygen atoms in total. The van der Waals surface area contributed by atoms with E-state index in [2.05, 4.69) is 5.32 Å². The Morgan fingerprint density at radius 2 is 1.86 bits per heavy atom. The number of benzene rings is 2. The maximum absolute atomic E-state index is 13.0. The average molecular weight is 308 g/mol. The Kier molecular flexibility index (Phi) is 4.55. The molecule has 21 heavy (non-hydrogen) atoms. The summed E-state index contributed by atoms with van der Waals surface area (Å²) in [6.07, 6.45) is 0. The standard InChI is InChI=1S/C15H11ClFNO3/c16-12-6-9(4-5-13(12)17)8-18-14(19)10-2-1-3-11(7-10)15(20)21/h1-7H,8H2,(H,18,19)(H,20,21). The lowest BCUT2D eigenvalue weighted by Crippen LogP contribution is -2.23. The number of nitrogens with one attached hydrogen (secondary N) is 1. The summed E-state index contributed by atoms with van der Waals surface area (Å²) in [5, 5.41) is 11.5. The van der Waals surface area contributed by atoms with E-state index in [1.165, 1.54) is 42.5 Å². The summed E-state index contributed by atoms with van der Waals surface area (Å²) >= 11 is 5.65. The van der Waals surface area contributed by atoms with E-state index in [9.17, 15) is 14.0 Å². The molecule has 2 N–H and O–H groups in total. The molecule has 0 atom stereocenters. The highest BCUT2D eigenvalue weighted by atomic mass is 35.5. The fourth-order valence-electron chi connectivity index (χ4n) is 1.73. The molecule has 2 aromatic carbocycles. The van der Waals surface area contributed by atoms with Crippen LogP contribution in [0.3, 0.4) is 0 Å². The van der Waals surface area contributed by atoms with Crippen LogP contribution in [-0.4, -0.2) is 17.0 Å². The van der Waals surface area contributed by atoms with Gasteiger partial charge in [0.15, 0.2) is 0 Å². The van der Waals surface area contributed by atoms with Crippen LogP contribution < -0.4 is 5.32 Å². The predicted octanol–water partition coefficient (Wildman–Crippen LogP) is 3.11. The first kappa shape index (κ1) is 15.0. The fourth-order valence-corrected chi connectivity index (χ4v) is 1.93. The lowest BCUT2D eigenvalue weighted by molar-refractivity contribution is 0.0697. The molecule has 6 heteroatoms. The largest absolute Gasteiger partial charge is 0.478 e. The third kappa shape index (κ3) is 3.79. The average Bonchev–Trinajstić information content (AvgIpc) is 2.48. The summed E-state index contributed by atoms with van der Waals surface area (Å²) in [6, 6.07) is 9.84. The molecule has 0 aliphatic heterocycles. The van der Waals surface area contributed by atoms with Gasteiger partial charge in [0, 0.05) is 12.1 Å². The second kappa shape index (κ2) is 6.37. The van der Waals surface area contributed by atoms with Gasteiger partial charge in [0.25, 0.3) is 5.91 Å². The number of carbonyl (C=O) groups excluding carboxylic acids is 1. The van der Waals surface area contributed by atoms with E-state index in [4.69, 9.17) is 16.7 Å². The zero-order valence-corrected chi connectivity index (χ0v) is 11.5. The van der Waals surface area contributed by atoms with Gasteiger partial charge in [-0.3, -0.25) is 4.79 Å². The van der Waals surface area contributed by atoms with E-state index in [1.807, 2.05) is 0 Å². The van der Waals surface area contributed by atoms with E-state index < -0.39 is 17.7 Å². The SMILES string of the molecule is O=C(O)c1cccc(C(=O)NCc2ccc(F)c(Cl)c2)c1. The molecule has 0 saturated heterocycles. The molecule has 1 amide bonds. The molecule has 2 rings (SSSR count). The Morgan fingerprint density at radius 1 is 1.14 bits per heavy atom. The molecule has 0 bridgehead atoms. The summed E-state index contributed by atoms with van der Waals surface area (Å²) in [6.45, 7) is 0.163. The first-order valence-electron chi connectivity index (χ1n) is 6.03. The van der Waals surface area contributed by atoms with Crippen molar-refractivity contribution in [2.45, 2.75) is 6.54 Å². The normalized spacial score (nSPS) is 10.2. The van der Waals surface area contributed by atoms with E-state index in [-0.39, 0.29) is 22.7 Å². The Labute approximate surface area is 125 Å². The molecule has 0 aromatic heterocycles. The highest BCUT2D eigenvalue weighted by Crippen LogP contribution is 2.16. The second-order valence-corrected chi connectivity index (χ2v) is 4.72. The van der Waals surface area contributed by atoms with E-state index in [1.54, 1.807) is 0 Å². The minimum absolute atomic E-state index is 0.0189. The first-order valence-corrected chi connectivity index (χ1v) is 6.40. The molecular weight excluding hydrogens is 297 g/mol. The Balaban J connectivity index is 2.06. The zero-order chi connectivity index (χ0) is 15.4. The minimum Gasteiger partial charge on any atom is -0.478 e. The van der Waals surface area contributed by atoms with Crippen molar-refractivity contribution < 1.29 is 19.1 Å².